The van der Waals surface area contributed by atoms with Crippen molar-refractivity contribution in [2.75, 3.05) is 0 Å². The van der Waals surface area contributed by atoms with Gasteiger partial charge in [-0.25, -0.2) is 9.67 Å². The lowest BCUT2D eigenvalue weighted by Crippen LogP contribution is -2.27. The number of amides is 1. The first-order valence-electron chi connectivity index (χ1n) is 9.76. The molecule has 1 unspecified atom stereocenters. The van der Waals surface area contributed by atoms with Crippen molar-refractivity contribution in [3.05, 3.63) is 77.5 Å². The van der Waals surface area contributed by atoms with Crippen LogP contribution in [-0.4, -0.2) is 30.8 Å². The molecule has 1 atom stereocenters. The molecule has 0 fully saturated rings. The topological polar surface area (TPSA) is 98.7 Å². The van der Waals surface area contributed by atoms with Crippen molar-refractivity contribution in [1.29, 1.82) is 0 Å². The van der Waals surface area contributed by atoms with E-state index < -0.39 is 0 Å². The Morgan fingerprint density at radius 1 is 1.23 bits per heavy atom. The van der Waals surface area contributed by atoms with Gasteiger partial charge >= 0.3 is 0 Å². The summed E-state index contributed by atoms with van der Waals surface area (Å²) in [6, 6.07) is 13.3. The molecule has 0 saturated carbocycles. The van der Waals surface area contributed by atoms with E-state index in [9.17, 15) is 4.79 Å². The Bertz CT molecular complexity index is 1170. The van der Waals surface area contributed by atoms with Crippen LogP contribution in [0.2, 0.25) is 0 Å². The molecule has 0 aliphatic rings. The fourth-order valence-electron chi connectivity index (χ4n) is 3.15. The van der Waals surface area contributed by atoms with Crippen molar-refractivity contribution in [3.63, 3.8) is 0 Å². The number of hydrogen-bond donors (Lipinski definition) is 1. The second-order valence-corrected chi connectivity index (χ2v) is 6.93. The maximum atomic E-state index is 12.8. The summed E-state index contributed by atoms with van der Waals surface area (Å²) in [5, 5.41) is 11.3. The monoisotopic (exact) mass is 402 g/mol. The Hall–Kier alpha value is -3.81. The van der Waals surface area contributed by atoms with Gasteiger partial charge in [-0.3, -0.25) is 4.79 Å². The predicted octanol–water partition coefficient (Wildman–Crippen LogP) is 3.68. The van der Waals surface area contributed by atoms with Crippen LogP contribution < -0.4 is 5.32 Å². The number of benzene rings is 1. The molecule has 152 valence electrons. The van der Waals surface area contributed by atoms with Crippen molar-refractivity contribution >= 4 is 5.91 Å². The highest BCUT2D eigenvalue weighted by atomic mass is 16.5. The van der Waals surface area contributed by atoms with E-state index in [0.717, 1.165) is 11.1 Å². The molecule has 0 bridgehead atoms. The zero-order chi connectivity index (χ0) is 21.1. The predicted molar refractivity (Wildman–Crippen MR) is 111 cm³/mol. The van der Waals surface area contributed by atoms with Gasteiger partial charge in [-0.15, -0.1) is 0 Å². The highest BCUT2D eigenvalue weighted by molar-refractivity contribution is 5.95. The van der Waals surface area contributed by atoms with E-state index in [1.54, 1.807) is 29.2 Å². The third kappa shape index (κ3) is 3.84. The van der Waals surface area contributed by atoms with Gasteiger partial charge in [0.05, 0.1) is 23.5 Å². The lowest BCUT2D eigenvalue weighted by Gasteiger charge is -2.14. The summed E-state index contributed by atoms with van der Waals surface area (Å²) in [6.45, 7) is 5.75. The first-order chi connectivity index (χ1) is 14.6. The van der Waals surface area contributed by atoms with Gasteiger partial charge in [-0.2, -0.15) is 10.1 Å². The van der Waals surface area contributed by atoms with Gasteiger partial charge in [0.1, 0.15) is 0 Å². The van der Waals surface area contributed by atoms with Crippen LogP contribution in [0.1, 0.15) is 47.3 Å². The number of pyridine rings is 1. The number of nitrogens with one attached hydrogen (secondary N) is 1. The molecule has 8 nitrogen and oxygen atoms in total. The normalized spacial score (nSPS) is 12.0. The average molecular weight is 402 g/mol. The molecule has 0 aliphatic carbocycles. The maximum Gasteiger partial charge on any atom is 0.258 e. The van der Waals surface area contributed by atoms with E-state index in [4.69, 9.17) is 4.52 Å². The Morgan fingerprint density at radius 2 is 2.03 bits per heavy atom. The summed E-state index contributed by atoms with van der Waals surface area (Å²) in [4.78, 5) is 21.5. The van der Waals surface area contributed by atoms with Gasteiger partial charge < -0.3 is 9.84 Å². The molecular formula is C22H22N6O2. The first-order valence-corrected chi connectivity index (χ1v) is 9.76. The second-order valence-electron chi connectivity index (χ2n) is 6.93. The molecule has 0 saturated heterocycles. The number of nitrogens with zero attached hydrogens (tertiary/aromatic N) is 5. The minimum absolute atomic E-state index is 0.117. The SMILES string of the molecule is CCc1noc(-c2ccnc(-n3ncc(C(=O)NC(C)c4ccccc4)c3C)c2)n1. The maximum absolute atomic E-state index is 12.8. The number of carbonyl (C=O) groups excluding carboxylic acids is 1. The molecule has 3 heterocycles. The van der Waals surface area contributed by atoms with Gasteiger partial charge in [-0.1, -0.05) is 42.4 Å². The van der Waals surface area contributed by atoms with Crippen molar-refractivity contribution in [3.8, 4) is 17.3 Å². The summed E-state index contributed by atoms with van der Waals surface area (Å²) in [6.07, 6.45) is 3.90. The third-order valence-electron chi connectivity index (χ3n) is 4.90. The smallest absolute Gasteiger partial charge is 0.258 e. The van der Waals surface area contributed by atoms with E-state index in [1.165, 1.54) is 0 Å². The highest BCUT2D eigenvalue weighted by Gasteiger charge is 2.19. The Morgan fingerprint density at radius 3 is 2.77 bits per heavy atom. The van der Waals surface area contributed by atoms with Crippen LogP contribution >= 0.6 is 0 Å². The van der Waals surface area contributed by atoms with E-state index >= 15 is 0 Å². The van der Waals surface area contributed by atoms with Crippen molar-refractivity contribution in [2.45, 2.75) is 33.2 Å². The van der Waals surface area contributed by atoms with E-state index in [1.807, 2.05) is 51.1 Å². The van der Waals surface area contributed by atoms with Crippen molar-refractivity contribution in [1.82, 2.24) is 30.2 Å². The van der Waals surface area contributed by atoms with Crippen molar-refractivity contribution in [2.24, 2.45) is 0 Å². The molecule has 30 heavy (non-hydrogen) atoms. The summed E-state index contributed by atoms with van der Waals surface area (Å²) < 4.78 is 6.94. The van der Waals surface area contributed by atoms with E-state index in [0.29, 0.717) is 35.2 Å². The van der Waals surface area contributed by atoms with Crippen LogP contribution in [0.25, 0.3) is 17.3 Å². The van der Waals surface area contributed by atoms with Crippen LogP contribution in [0.15, 0.2) is 59.4 Å². The van der Waals surface area contributed by atoms with Gasteiger partial charge in [-0.05, 0) is 31.5 Å². The summed E-state index contributed by atoms with van der Waals surface area (Å²) >= 11 is 0. The largest absolute Gasteiger partial charge is 0.345 e. The van der Waals surface area contributed by atoms with Gasteiger partial charge in [0, 0.05) is 18.2 Å². The second kappa shape index (κ2) is 8.28. The number of carbonyl (C=O) groups is 1. The molecule has 1 amide bonds. The van der Waals surface area contributed by atoms with Crippen LogP contribution in [0.3, 0.4) is 0 Å². The minimum atomic E-state index is -0.184. The molecule has 0 radical (unpaired) electrons. The lowest BCUT2D eigenvalue weighted by atomic mass is 10.1. The number of rotatable bonds is 6. The molecule has 4 rings (SSSR count). The minimum Gasteiger partial charge on any atom is -0.345 e. The zero-order valence-electron chi connectivity index (χ0n) is 17.0. The molecule has 0 aliphatic heterocycles. The molecule has 1 N–H and O–H groups in total. The van der Waals surface area contributed by atoms with Crippen LogP contribution in [-0.2, 0) is 6.42 Å². The van der Waals surface area contributed by atoms with Crippen LogP contribution in [0.4, 0.5) is 0 Å². The van der Waals surface area contributed by atoms with Crippen LogP contribution in [0, 0.1) is 6.92 Å². The summed E-state index contributed by atoms with van der Waals surface area (Å²) in [5.74, 6) is 1.45. The van der Waals surface area contributed by atoms with Gasteiger partial charge in [0.25, 0.3) is 11.8 Å². The lowest BCUT2D eigenvalue weighted by molar-refractivity contribution is 0.0939. The standard InChI is InChI=1S/C22H22N6O2/c1-4-19-26-22(30-27-19)17-10-11-23-20(12-17)28-15(3)18(13-24-28)21(29)25-14(2)16-8-6-5-7-9-16/h5-14H,4H2,1-3H3,(H,25,29). The molecular weight excluding hydrogens is 380 g/mol. The molecule has 0 spiro atoms. The Balaban J connectivity index is 1.57. The van der Waals surface area contributed by atoms with Gasteiger partial charge in [0.2, 0.25) is 0 Å². The number of aromatic nitrogens is 5. The average Bonchev–Trinajstić information content (AvgIpc) is 3.41. The summed E-state index contributed by atoms with van der Waals surface area (Å²) in [5.41, 5.74) is 2.97. The van der Waals surface area contributed by atoms with Gasteiger partial charge in [0.15, 0.2) is 11.6 Å². The molecule has 8 heteroatoms. The first kappa shape index (κ1) is 19.5. The summed E-state index contributed by atoms with van der Waals surface area (Å²) in [7, 11) is 0. The molecule has 4 aromatic rings. The van der Waals surface area contributed by atoms with E-state index in [-0.39, 0.29) is 11.9 Å². The Kier molecular flexibility index (Phi) is 5.38. The highest BCUT2D eigenvalue weighted by Crippen LogP contribution is 2.21. The van der Waals surface area contributed by atoms with Crippen LogP contribution in [0.5, 0.6) is 0 Å². The van der Waals surface area contributed by atoms with Crippen molar-refractivity contribution < 1.29 is 9.32 Å². The third-order valence-corrected chi connectivity index (χ3v) is 4.90. The van der Waals surface area contributed by atoms with E-state index in [2.05, 4.69) is 25.5 Å². The molecule has 3 aromatic heterocycles. The number of aryl methyl sites for hydroxylation is 1. The fraction of sp³-hybridized carbons (Fsp3) is 0.227. The fourth-order valence-corrected chi connectivity index (χ4v) is 3.15. The quantitative estimate of drug-likeness (QED) is 0.528. The zero-order valence-corrected chi connectivity index (χ0v) is 17.0. The Labute approximate surface area is 174 Å². The molecule has 1 aromatic carbocycles. The number of hydrogen-bond acceptors (Lipinski definition) is 6.